The highest BCUT2D eigenvalue weighted by atomic mass is 16.6. The molecule has 0 fully saturated rings. The third-order valence-corrected chi connectivity index (χ3v) is 12.0. The Kier molecular flexibility index (Phi) is 51.3. The molecule has 376 valence electrons. The molecule has 1 unspecified atom stereocenters. The average molecular weight is 909 g/mol. The Hall–Kier alpha value is -2.89. The van der Waals surface area contributed by atoms with Crippen LogP contribution in [0, 0.1) is 0 Å². The van der Waals surface area contributed by atoms with Gasteiger partial charge < -0.3 is 14.2 Å². The van der Waals surface area contributed by atoms with Gasteiger partial charge in [-0.1, -0.05) is 255 Å². The second-order valence-corrected chi connectivity index (χ2v) is 18.5. The maximum atomic E-state index is 12.8. The van der Waals surface area contributed by atoms with Crippen molar-refractivity contribution in [3.8, 4) is 0 Å². The fourth-order valence-corrected chi connectivity index (χ4v) is 7.88. The van der Waals surface area contributed by atoms with Gasteiger partial charge in [-0.25, -0.2) is 0 Å². The number of unbranched alkanes of at least 4 members (excludes halogenated alkanes) is 29. The number of carbonyl (C=O) groups is 3. The van der Waals surface area contributed by atoms with E-state index < -0.39 is 6.10 Å². The molecule has 0 aliphatic carbocycles. The molecule has 65 heavy (non-hydrogen) atoms. The molecule has 6 nitrogen and oxygen atoms in total. The SMILES string of the molecule is CC/C=C\C/C=C\C/C=C\C/C=C\C/C=C\CCCCCCCC(=O)OCC(COC(=O)CCCCCCCCC)OC(=O)CCCCCCCCCCCCCCCCCCCCC. The summed E-state index contributed by atoms with van der Waals surface area (Å²) >= 11 is 0. The predicted molar refractivity (Wildman–Crippen MR) is 279 cm³/mol. The molecule has 0 bridgehead atoms. The van der Waals surface area contributed by atoms with Crippen molar-refractivity contribution in [2.75, 3.05) is 13.2 Å². The highest BCUT2D eigenvalue weighted by Crippen LogP contribution is 2.16. The normalized spacial score (nSPS) is 12.5. The van der Waals surface area contributed by atoms with E-state index in [0.29, 0.717) is 19.3 Å². The molecule has 1 atom stereocenters. The molecule has 0 amide bonds. The minimum absolute atomic E-state index is 0.0779. The largest absolute Gasteiger partial charge is 0.462 e. The Balaban J connectivity index is 4.24. The molecule has 0 aromatic heterocycles. The first-order valence-electron chi connectivity index (χ1n) is 27.8. The molecule has 0 aliphatic heterocycles. The maximum Gasteiger partial charge on any atom is 0.306 e. The quantitative estimate of drug-likeness (QED) is 0.0262. The van der Waals surface area contributed by atoms with Crippen molar-refractivity contribution in [2.45, 2.75) is 284 Å². The minimum atomic E-state index is -0.777. The van der Waals surface area contributed by atoms with Crippen LogP contribution in [0.25, 0.3) is 0 Å². The van der Waals surface area contributed by atoms with Gasteiger partial charge >= 0.3 is 17.9 Å². The average Bonchev–Trinajstić information content (AvgIpc) is 3.30. The van der Waals surface area contributed by atoms with Gasteiger partial charge in [0.15, 0.2) is 6.10 Å². The van der Waals surface area contributed by atoms with Crippen LogP contribution in [-0.4, -0.2) is 37.2 Å². The van der Waals surface area contributed by atoms with Gasteiger partial charge in [0.2, 0.25) is 0 Å². The summed E-state index contributed by atoms with van der Waals surface area (Å²) in [4.78, 5) is 37.9. The van der Waals surface area contributed by atoms with E-state index in [1.165, 1.54) is 128 Å². The summed E-state index contributed by atoms with van der Waals surface area (Å²) < 4.78 is 16.8. The number of hydrogen-bond acceptors (Lipinski definition) is 6. The van der Waals surface area contributed by atoms with E-state index in [9.17, 15) is 14.4 Å². The van der Waals surface area contributed by atoms with Crippen LogP contribution in [0.3, 0.4) is 0 Å². The van der Waals surface area contributed by atoms with E-state index in [4.69, 9.17) is 14.2 Å². The van der Waals surface area contributed by atoms with Crippen molar-refractivity contribution in [1.82, 2.24) is 0 Å². The zero-order valence-corrected chi connectivity index (χ0v) is 43.0. The molecule has 0 saturated carbocycles. The van der Waals surface area contributed by atoms with Crippen LogP contribution in [0.5, 0.6) is 0 Å². The zero-order chi connectivity index (χ0) is 47.2. The Morgan fingerprint density at radius 2 is 0.600 bits per heavy atom. The topological polar surface area (TPSA) is 78.9 Å². The number of esters is 3. The zero-order valence-electron chi connectivity index (χ0n) is 43.0. The highest BCUT2D eigenvalue weighted by Gasteiger charge is 2.19. The fraction of sp³-hybridized carbons (Fsp3) is 0.780. The summed E-state index contributed by atoms with van der Waals surface area (Å²) in [5, 5.41) is 0. The van der Waals surface area contributed by atoms with Crippen molar-refractivity contribution in [2.24, 2.45) is 0 Å². The summed E-state index contributed by atoms with van der Waals surface area (Å²) in [6.45, 7) is 6.49. The molecule has 0 radical (unpaired) electrons. The van der Waals surface area contributed by atoms with E-state index in [-0.39, 0.29) is 31.1 Å². The first-order chi connectivity index (χ1) is 32.0. The standard InChI is InChI=1S/C59H104O6/c1-4-7-10-13-16-18-20-22-24-26-28-29-31-32-34-36-38-40-43-46-49-52-58(61)64-55-56(54-63-57(60)51-48-45-42-15-12-9-6-3)65-59(62)53-50-47-44-41-39-37-35-33-30-27-25-23-21-19-17-14-11-8-5-2/h7,10,16,18,22,24,28-29,32,34,56H,4-6,8-9,11-15,17,19-21,23,25-27,30-31,33,35-55H2,1-3H3/b10-7-,18-16-,24-22-,29-28-,34-32-. The maximum absolute atomic E-state index is 12.8. The predicted octanol–water partition coefficient (Wildman–Crippen LogP) is 18.4. The molecule has 6 heteroatoms. The van der Waals surface area contributed by atoms with Crippen molar-refractivity contribution in [1.29, 1.82) is 0 Å². The van der Waals surface area contributed by atoms with E-state index in [2.05, 4.69) is 81.5 Å². The van der Waals surface area contributed by atoms with Gasteiger partial charge in [-0.15, -0.1) is 0 Å². The van der Waals surface area contributed by atoms with E-state index in [0.717, 1.165) is 109 Å². The van der Waals surface area contributed by atoms with E-state index >= 15 is 0 Å². The van der Waals surface area contributed by atoms with Crippen molar-refractivity contribution in [3.63, 3.8) is 0 Å². The van der Waals surface area contributed by atoms with Gasteiger partial charge in [-0.3, -0.25) is 14.4 Å². The van der Waals surface area contributed by atoms with Crippen LogP contribution in [0.2, 0.25) is 0 Å². The molecule has 0 spiro atoms. The lowest BCUT2D eigenvalue weighted by atomic mass is 10.0. The number of ether oxygens (including phenoxy) is 3. The summed E-state index contributed by atoms with van der Waals surface area (Å²) in [5.41, 5.74) is 0. The Morgan fingerprint density at radius 3 is 0.938 bits per heavy atom. The third-order valence-electron chi connectivity index (χ3n) is 12.0. The molecule has 0 heterocycles. The lowest BCUT2D eigenvalue weighted by Crippen LogP contribution is -2.30. The minimum Gasteiger partial charge on any atom is -0.462 e. The van der Waals surface area contributed by atoms with Crippen molar-refractivity contribution >= 4 is 17.9 Å². The second-order valence-electron chi connectivity index (χ2n) is 18.5. The summed E-state index contributed by atoms with van der Waals surface area (Å²) in [6, 6.07) is 0. The van der Waals surface area contributed by atoms with Gasteiger partial charge in [0.25, 0.3) is 0 Å². The number of rotatable bonds is 50. The molecular formula is C59H104O6. The van der Waals surface area contributed by atoms with E-state index in [1.54, 1.807) is 0 Å². The molecular weight excluding hydrogens is 805 g/mol. The number of allylic oxidation sites excluding steroid dienone is 10. The van der Waals surface area contributed by atoms with Crippen LogP contribution in [0.15, 0.2) is 60.8 Å². The second kappa shape index (κ2) is 53.7. The van der Waals surface area contributed by atoms with Crippen LogP contribution >= 0.6 is 0 Å². The molecule has 0 aliphatic rings. The van der Waals surface area contributed by atoms with Crippen molar-refractivity contribution in [3.05, 3.63) is 60.8 Å². The van der Waals surface area contributed by atoms with E-state index in [1.807, 2.05) is 0 Å². The smallest absolute Gasteiger partial charge is 0.306 e. The Labute approximate surface area is 402 Å². The summed E-state index contributed by atoms with van der Waals surface area (Å²) in [5.74, 6) is -0.894. The lowest BCUT2D eigenvalue weighted by molar-refractivity contribution is -0.167. The fourth-order valence-electron chi connectivity index (χ4n) is 7.88. The number of hydrogen-bond donors (Lipinski definition) is 0. The number of carbonyl (C=O) groups excluding carboxylic acids is 3. The summed E-state index contributed by atoms with van der Waals surface area (Å²) in [6.07, 6.45) is 66.6. The van der Waals surface area contributed by atoms with Gasteiger partial charge in [-0.05, 0) is 64.2 Å². The third kappa shape index (κ3) is 51.9. The van der Waals surface area contributed by atoms with Crippen LogP contribution in [0.1, 0.15) is 278 Å². The molecule has 0 rings (SSSR count). The Bertz CT molecular complexity index is 1180. The molecule has 0 N–H and O–H groups in total. The lowest BCUT2D eigenvalue weighted by Gasteiger charge is -2.18. The van der Waals surface area contributed by atoms with Crippen LogP contribution < -0.4 is 0 Å². The van der Waals surface area contributed by atoms with Crippen LogP contribution in [-0.2, 0) is 28.6 Å². The molecule has 0 aromatic rings. The van der Waals surface area contributed by atoms with Gasteiger partial charge in [0.05, 0.1) is 0 Å². The van der Waals surface area contributed by atoms with Crippen LogP contribution in [0.4, 0.5) is 0 Å². The van der Waals surface area contributed by atoms with Gasteiger partial charge in [-0.2, -0.15) is 0 Å². The highest BCUT2D eigenvalue weighted by molar-refractivity contribution is 5.71. The van der Waals surface area contributed by atoms with Gasteiger partial charge in [0, 0.05) is 19.3 Å². The monoisotopic (exact) mass is 909 g/mol. The summed E-state index contributed by atoms with van der Waals surface area (Å²) in [7, 11) is 0. The molecule has 0 saturated heterocycles. The van der Waals surface area contributed by atoms with Crippen molar-refractivity contribution < 1.29 is 28.6 Å². The first kappa shape index (κ1) is 62.1. The first-order valence-corrected chi connectivity index (χ1v) is 27.8. The Morgan fingerprint density at radius 1 is 0.323 bits per heavy atom. The molecule has 0 aromatic carbocycles. The van der Waals surface area contributed by atoms with Gasteiger partial charge in [0.1, 0.15) is 13.2 Å².